The number of hydrogen-bond acceptors (Lipinski definition) is 5. The predicted molar refractivity (Wildman–Crippen MR) is 95.7 cm³/mol. The molecule has 1 aromatic carbocycles. The first-order valence-corrected chi connectivity index (χ1v) is 9.00. The maximum atomic E-state index is 12.0. The van der Waals surface area contributed by atoms with E-state index >= 15 is 0 Å². The minimum atomic E-state index is -1.14. The third-order valence-corrected chi connectivity index (χ3v) is 3.65. The number of carbonyl (C=O) groups is 3. The number of rotatable bonds is 13. The van der Waals surface area contributed by atoms with Crippen LogP contribution < -0.4 is 50.0 Å². The van der Waals surface area contributed by atoms with Gasteiger partial charge in [-0.25, -0.2) is 0 Å². The summed E-state index contributed by atoms with van der Waals surface area (Å²) in [5.41, 5.74) is 0.500. The van der Waals surface area contributed by atoms with Gasteiger partial charge in [-0.2, -0.15) is 0 Å². The van der Waals surface area contributed by atoms with Crippen LogP contribution >= 0.6 is 0 Å². The largest absolute Gasteiger partial charge is 1.00 e. The fraction of sp³-hybridized carbons (Fsp3) is 0.526. The van der Waals surface area contributed by atoms with Crippen LogP contribution in [-0.4, -0.2) is 37.5 Å². The van der Waals surface area contributed by atoms with E-state index in [1.165, 1.54) is 0 Å². The molecular weight excluding hydrogens is 359 g/mol. The average molecular weight is 386 g/mol. The van der Waals surface area contributed by atoms with Crippen LogP contribution in [0.1, 0.15) is 55.8 Å². The number of aliphatic carboxylic acids is 1. The number of carbonyl (C=O) groups excluding carboxylic acids is 3. The molecule has 0 heterocycles. The number of nitrogens with one attached hydrogen (secondary N) is 2. The summed E-state index contributed by atoms with van der Waals surface area (Å²) in [6, 6.07) is 6.88. The van der Waals surface area contributed by atoms with Crippen LogP contribution in [0.15, 0.2) is 24.3 Å². The van der Waals surface area contributed by atoms with Gasteiger partial charge in [-0.05, 0) is 43.5 Å². The van der Waals surface area contributed by atoms with Crippen molar-refractivity contribution in [1.29, 1.82) is 0 Å². The molecule has 0 radical (unpaired) electrons. The summed E-state index contributed by atoms with van der Waals surface area (Å²) in [7, 11) is 0. The number of benzene rings is 1. The molecule has 0 saturated heterocycles. The Morgan fingerprint density at radius 2 is 1.67 bits per heavy atom. The van der Waals surface area contributed by atoms with Crippen molar-refractivity contribution in [3.63, 3.8) is 0 Å². The topological polar surface area (TPSA) is 108 Å². The molecule has 0 fully saturated rings. The zero-order valence-corrected chi connectivity index (χ0v) is 18.2. The maximum Gasteiger partial charge on any atom is 1.00 e. The van der Waals surface area contributed by atoms with Gasteiger partial charge < -0.3 is 25.3 Å². The van der Waals surface area contributed by atoms with Crippen LogP contribution in [0.25, 0.3) is 0 Å². The molecule has 0 aliphatic rings. The van der Waals surface area contributed by atoms with E-state index < -0.39 is 5.97 Å². The van der Waals surface area contributed by atoms with Gasteiger partial charge in [-0.3, -0.25) is 9.59 Å². The first-order valence-electron chi connectivity index (χ1n) is 9.00. The Balaban J connectivity index is 0.00000676. The van der Waals surface area contributed by atoms with Gasteiger partial charge >= 0.3 is 29.6 Å². The number of carboxylic acid groups (broad SMARTS) is 1. The molecule has 144 valence electrons. The molecule has 0 aromatic heterocycles. The number of amides is 2. The molecule has 0 atom stereocenters. The minimum absolute atomic E-state index is 0. The van der Waals surface area contributed by atoms with Gasteiger partial charge in [0.25, 0.3) is 5.91 Å². The second kappa shape index (κ2) is 15.5. The first-order chi connectivity index (χ1) is 12.5. The van der Waals surface area contributed by atoms with E-state index in [1.807, 2.05) is 0 Å². The van der Waals surface area contributed by atoms with Crippen LogP contribution in [0.5, 0.6) is 5.75 Å². The van der Waals surface area contributed by atoms with Crippen LogP contribution in [0.2, 0.25) is 0 Å². The Hall–Kier alpha value is -1.57. The third-order valence-electron chi connectivity index (χ3n) is 3.65. The number of unbranched alkanes of at least 4 members (excludes halogenated alkanes) is 2. The summed E-state index contributed by atoms with van der Waals surface area (Å²) < 4.78 is 5.59. The fourth-order valence-corrected chi connectivity index (χ4v) is 2.19. The summed E-state index contributed by atoms with van der Waals surface area (Å²) in [6.07, 6.45) is 3.65. The van der Waals surface area contributed by atoms with E-state index in [0.29, 0.717) is 18.6 Å². The van der Waals surface area contributed by atoms with Crippen LogP contribution in [0.3, 0.4) is 0 Å². The van der Waals surface area contributed by atoms with Crippen molar-refractivity contribution in [2.24, 2.45) is 0 Å². The molecule has 0 unspecified atom stereocenters. The first kappa shape index (κ1) is 25.4. The second-order valence-electron chi connectivity index (χ2n) is 5.91. The standard InChI is InChI=1S/C19H28N2O5.Na/c1-2-3-4-14-26-16-9-7-15(8-10-16)19(25)21-13-11-17(22)20-12-5-6-18(23)24;/h7-10H,2-6,11-14H2,1H3,(H,20,22)(H,21,25)(H,23,24);/q;+1/p-1. The molecule has 2 amide bonds. The monoisotopic (exact) mass is 386 g/mol. The SMILES string of the molecule is CCCCCOc1ccc(C(=O)NCCC(=O)NCCCC(=O)[O-])cc1.[Na+]. The Labute approximate surface area is 182 Å². The van der Waals surface area contributed by atoms with Crippen LogP contribution in [0.4, 0.5) is 0 Å². The van der Waals surface area contributed by atoms with Crippen molar-refractivity contribution >= 4 is 17.8 Å². The molecule has 2 N–H and O–H groups in total. The molecule has 0 bridgehead atoms. The van der Waals surface area contributed by atoms with E-state index in [9.17, 15) is 19.5 Å². The van der Waals surface area contributed by atoms with Crippen molar-refractivity contribution < 1.29 is 53.8 Å². The number of carboxylic acids is 1. The molecule has 1 aromatic rings. The fourth-order valence-electron chi connectivity index (χ4n) is 2.19. The quantitative estimate of drug-likeness (QED) is 0.302. The molecule has 0 aliphatic heterocycles. The molecule has 1 rings (SSSR count). The van der Waals surface area contributed by atoms with Gasteiger partial charge in [0.2, 0.25) is 5.91 Å². The molecule has 8 heteroatoms. The van der Waals surface area contributed by atoms with Gasteiger partial charge in [0.15, 0.2) is 0 Å². The minimum Gasteiger partial charge on any atom is -0.550 e. The number of hydrogen-bond donors (Lipinski definition) is 2. The molecule has 0 spiro atoms. The van der Waals surface area contributed by atoms with Gasteiger partial charge in [-0.1, -0.05) is 19.8 Å². The van der Waals surface area contributed by atoms with Crippen molar-refractivity contribution in [2.75, 3.05) is 19.7 Å². The Morgan fingerprint density at radius 3 is 2.30 bits per heavy atom. The number of ether oxygens (including phenoxy) is 1. The summed E-state index contributed by atoms with van der Waals surface area (Å²) in [4.78, 5) is 33.8. The normalized spacial score (nSPS) is 9.81. The molecule has 0 aliphatic carbocycles. The van der Waals surface area contributed by atoms with Crippen molar-refractivity contribution in [2.45, 2.75) is 45.4 Å². The van der Waals surface area contributed by atoms with Gasteiger partial charge in [0.05, 0.1) is 6.61 Å². The second-order valence-corrected chi connectivity index (χ2v) is 5.91. The molecule has 0 saturated carbocycles. The zero-order chi connectivity index (χ0) is 19.2. The van der Waals surface area contributed by atoms with E-state index in [1.54, 1.807) is 24.3 Å². The smallest absolute Gasteiger partial charge is 0.550 e. The molecule has 27 heavy (non-hydrogen) atoms. The molecular formula is C19H27N2NaO5. The third kappa shape index (κ3) is 12.4. The van der Waals surface area contributed by atoms with Crippen molar-refractivity contribution in [3.8, 4) is 5.75 Å². The van der Waals surface area contributed by atoms with Crippen molar-refractivity contribution in [1.82, 2.24) is 10.6 Å². The summed E-state index contributed by atoms with van der Waals surface area (Å²) in [5.74, 6) is -0.899. The van der Waals surface area contributed by atoms with Gasteiger partial charge in [-0.15, -0.1) is 0 Å². The average Bonchev–Trinajstić information content (AvgIpc) is 2.62. The van der Waals surface area contributed by atoms with E-state index in [0.717, 1.165) is 25.0 Å². The van der Waals surface area contributed by atoms with Gasteiger partial charge in [0.1, 0.15) is 5.75 Å². The Bertz CT molecular complexity index is 578. The van der Waals surface area contributed by atoms with Gasteiger partial charge in [0, 0.05) is 31.0 Å². The molecule has 7 nitrogen and oxygen atoms in total. The summed E-state index contributed by atoms with van der Waals surface area (Å²) >= 11 is 0. The van der Waals surface area contributed by atoms with Crippen molar-refractivity contribution in [3.05, 3.63) is 29.8 Å². The van der Waals surface area contributed by atoms with E-state index in [2.05, 4.69) is 17.6 Å². The Kier molecular flexibility index (Phi) is 14.6. The van der Waals surface area contributed by atoms with Crippen LogP contribution in [0, 0.1) is 0 Å². The summed E-state index contributed by atoms with van der Waals surface area (Å²) in [5, 5.41) is 15.5. The van der Waals surface area contributed by atoms with E-state index in [4.69, 9.17) is 4.74 Å². The Morgan fingerprint density at radius 1 is 0.963 bits per heavy atom. The van der Waals surface area contributed by atoms with Crippen LogP contribution in [-0.2, 0) is 9.59 Å². The zero-order valence-electron chi connectivity index (χ0n) is 16.2. The maximum absolute atomic E-state index is 12.0. The van der Waals surface area contributed by atoms with E-state index in [-0.39, 0.29) is 67.3 Å². The summed E-state index contributed by atoms with van der Waals surface area (Å²) in [6.45, 7) is 3.28. The predicted octanol–water partition coefficient (Wildman–Crippen LogP) is -1.97.